The molecule has 1 fully saturated rings. The van der Waals surface area contributed by atoms with E-state index in [-0.39, 0.29) is 11.3 Å². The van der Waals surface area contributed by atoms with Crippen molar-refractivity contribution in [1.29, 1.82) is 0 Å². The Kier molecular flexibility index (Phi) is 7.38. The largest absolute Gasteiger partial charge is 0.755 e. The maximum absolute atomic E-state index is 14.6. The number of anilines is 1. The van der Waals surface area contributed by atoms with E-state index in [1.54, 1.807) is 16.1 Å². The van der Waals surface area contributed by atoms with Crippen molar-refractivity contribution in [2.24, 2.45) is 5.92 Å². The highest BCUT2D eigenvalue weighted by Gasteiger charge is 2.29. The molecule has 0 spiro atoms. The first kappa shape index (κ1) is 25.2. The van der Waals surface area contributed by atoms with E-state index in [2.05, 4.69) is 25.6 Å². The van der Waals surface area contributed by atoms with Gasteiger partial charge in [0.15, 0.2) is 0 Å². The summed E-state index contributed by atoms with van der Waals surface area (Å²) in [4.78, 5) is 4.38. The van der Waals surface area contributed by atoms with Crippen molar-refractivity contribution < 1.29 is 23.2 Å². The third-order valence-corrected chi connectivity index (χ3v) is 7.62. The van der Waals surface area contributed by atoms with Crippen LogP contribution in [0.15, 0.2) is 52.3 Å². The second-order valence-electron chi connectivity index (χ2n) is 8.60. The van der Waals surface area contributed by atoms with Gasteiger partial charge in [-0.2, -0.15) is 5.10 Å². The number of benzene rings is 2. The van der Waals surface area contributed by atoms with Gasteiger partial charge in [0.1, 0.15) is 5.82 Å². The molecule has 36 heavy (non-hydrogen) atoms. The van der Waals surface area contributed by atoms with Crippen LogP contribution in [0.2, 0.25) is 0 Å². The summed E-state index contributed by atoms with van der Waals surface area (Å²) in [5.74, 6) is -0.137. The molecule has 186 valence electrons. The fourth-order valence-electron chi connectivity index (χ4n) is 4.05. The average Bonchev–Trinajstić information content (AvgIpc) is 3.37. The van der Waals surface area contributed by atoms with Gasteiger partial charge in [0, 0.05) is 38.7 Å². The van der Waals surface area contributed by atoms with Crippen LogP contribution in [0.3, 0.4) is 0 Å². The lowest BCUT2D eigenvalue weighted by Gasteiger charge is -2.12. The third-order valence-electron chi connectivity index (χ3n) is 5.91. The molecule has 5 rings (SSSR count). The fourth-order valence-corrected chi connectivity index (χ4v) is 5.58. The van der Waals surface area contributed by atoms with Gasteiger partial charge in [0.25, 0.3) is 0 Å². The van der Waals surface area contributed by atoms with E-state index in [1.165, 1.54) is 23.5 Å². The predicted octanol–water partition coefficient (Wildman–Crippen LogP) is 3.33. The summed E-state index contributed by atoms with van der Waals surface area (Å²) in [6.07, 6.45) is 3.37. The minimum absolute atomic E-state index is 0.119. The van der Waals surface area contributed by atoms with Gasteiger partial charge in [0.05, 0.1) is 22.7 Å². The van der Waals surface area contributed by atoms with Gasteiger partial charge in [-0.25, -0.2) is 14.1 Å². The Balaban J connectivity index is 1.65. The molecule has 4 aromatic rings. The molecule has 1 aliphatic rings. The number of hydrogen-bond donors (Lipinski definition) is 3. The summed E-state index contributed by atoms with van der Waals surface area (Å²) in [5, 5.41) is 26.1. The van der Waals surface area contributed by atoms with Crippen LogP contribution in [0.4, 0.5) is 10.1 Å². The summed E-state index contributed by atoms with van der Waals surface area (Å²) in [6, 6.07) is 12.2. The Labute approximate surface area is 221 Å². The highest BCUT2D eigenvalue weighted by Crippen LogP contribution is 2.38. The van der Waals surface area contributed by atoms with Gasteiger partial charge < -0.3 is 19.3 Å². The number of thiazole rings is 1. The lowest BCUT2D eigenvalue weighted by atomic mass is 9.88. The number of aromatic nitrogens is 3. The Bertz CT molecular complexity index is 1440. The molecule has 1 aliphatic carbocycles. The van der Waals surface area contributed by atoms with Crippen LogP contribution in [-0.4, -0.2) is 40.7 Å². The molecule has 13 heteroatoms. The normalized spacial score (nSPS) is 14.1. The smallest absolute Gasteiger partial charge is 0.509 e. The molecule has 0 bridgehead atoms. The number of hydrogen-bond acceptors (Lipinski definition) is 7. The highest BCUT2D eigenvalue weighted by atomic mass is 79.9. The van der Waals surface area contributed by atoms with Crippen molar-refractivity contribution >= 4 is 56.9 Å². The predicted molar refractivity (Wildman–Crippen MR) is 140 cm³/mol. The first-order valence-electron chi connectivity index (χ1n) is 11.1. The van der Waals surface area contributed by atoms with Crippen LogP contribution in [0, 0.1) is 11.7 Å². The fraction of sp³-hybridized carbons (Fsp3) is 0.217. The van der Waals surface area contributed by atoms with E-state index < -0.39 is 24.2 Å². The van der Waals surface area contributed by atoms with Crippen LogP contribution < -0.4 is 10.3 Å². The second kappa shape index (κ2) is 10.5. The molecule has 0 saturated heterocycles. The topological polar surface area (TPSA) is 123 Å². The Morgan fingerprint density at radius 1 is 1.28 bits per heavy atom. The SMILES string of the molecule is O=S([O-])Nc1ccc(Cc2c(CC3CC3)nn(-c3nc(B(O)O)cs3)c2-c2cccc(Br)c2)cc1F. The molecule has 1 saturated carbocycles. The van der Waals surface area contributed by atoms with Crippen LogP contribution in [0.5, 0.6) is 0 Å². The first-order valence-corrected chi connectivity index (χ1v) is 13.9. The maximum atomic E-state index is 14.6. The number of rotatable bonds is 9. The molecule has 0 aliphatic heterocycles. The summed E-state index contributed by atoms with van der Waals surface area (Å²) in [5.41, 5.74) is 4.11. The van der Waals surface area contributed by atoms with Crippen molar-refractivity contribution in [2.75, 3.05) is 4.72 Å². The lowest BCUT2D eigenvalue weighted by Crippen LogP contribution is -2.30. The highest BCUT2D eigenvalue weighted by molar-refractivity contribution is 9.10. The van der Waals surface area contributed by atoms with Crippen molar-refractivity contribution in [3.63, 3.8) is 0 Å². The standard InChI is InChI=1S/C23H21BBrFN4O4S2/c25-16-3-1-2-15(11-16)22-17(8-14-6-7-19(18(26)9-14)29-36(33)34)20(10-13-4-5-13)28-30(22)23-27-21(12-35-23)24(31)32/h1-3,6-7,9,11-13,29,31-32H,4-5,8,10H2,(H,33,34)/p-1. The zero-order valence-electron chi connectivity index (χ0n) is 18.7. The quantitative estimate of drug-likeness (QED) is 0.203. The molecule has 3 N–H and O–H groups in total. The second-order valence-corrected chi connectivity index (χ2v) is 11.0. The molecule has 1 unspecified atom stereocenters. The van der Waals surface area contributed by atoms with Crippen molar-refractivity contribution in [3.05, 3.63) is 75.0 Å². The van der Waals surface area contributed by atoms with E-state index in [1.807, 2.05) is 24.3 Å². The number of halogens is 2. The molecular weight excluding hydrogens is 570 g/mol. The van der Waals surface area contributed by atoms with Gasteiger partial charge in [-0.3, -0.25) is 4.21 Å². The summed E-state index contributed by atoms with van der Waals surface area (Å²) >= 11 is 2.16. The Hall–Kier alpha value is -2.42. The molecule has 8 nitrogen and oxygen atoms in total. The van der Waals surface area contributed by atoms with E-state index in [9.17, 15) is 23.2 Å². The molecule has 2 aromatic carbocycles. The van der Waals surface area contributed by atoms with E-state index >= 15 is 0 Å². The van der Waals surface area contributed by atoms with E-state index in [0.29, 0.717) is 23.0 Å². The van der Waals surface area contributed by atoms with Gasteiger partial charge in [-0.05, 0) is 55.0 Å². The molecule has 0 radical (unpaired) electrons. The zero-order chi connectivity index (χ0) is 25.4. The number of nitrogens with zero attached hydrogens (tertiary/aromatic N) is 3. The van der Waals surface area contributed by atoms with Crippen LogP contribution >= 0.6 is 27.3 Å². The van der Waals surface area contributed by atoms with E-state index in [0.717, 1.165) is 46.2 Å². The van der Waals surface area contributed by atoms with Crippen molar-refractivity contribution in [1.82, 2.24) is 14.8 Å². The summed E-state index contributed by atoms with van der Waals surface area (Å²) in [7, 11) is -1.69. The van der Waals surface area contributed by atoms with Crippen molar-refractivity contribution in [2.45, 2.75) is 25.7 Å². The Morgan fingerprint density at radius 2 is 2.08 bits per heavy atom. The summed E-state index contributed by atoms with van der Waals surface area (Å²) in [6.45, 7) is 0. The van der Waals surface area contributed by atoms with Crippen LogP contribution in [0.1, 0.15) is 29.7 Å². The number of nitrogens with one attached hydrogen (secondary N) is 1. The van der Waals surface area contributed by atoms with Gasteiger partial charge >= 0.3 is 7.12 Å². The minimum Gasteiger partial charge on any atom is -0.755 e. The van der Waals surface area contributed by atoms with Crippen LogP contribution in [0.25, 0.3) is 16.4 Å². The minimum atomic E-state index is -2.62. The molecular formula is C23H20BBrFN4O4S2-. The lowest BCUT2D eigenvalue weighted by molar-refractivity contribution is 0.424. The van der Waals surface area contributed by atoms with Gasteiger partial charge in [0.2, 0.25) is 5.13 Å². The monoisotopic (exact) mass is 589 g/mol. The summed E-state index contributed by atoms with van der Waals surface area (Å²) < 4.78 is 41.2. The van der Waals surface area contributed by atoms with E-state index in [4.69, 9.17) is 5.10 Å². The third kappa shape index (κ3) is 5.61. The van der Waals surface area contributed by atoms with Gasteiger partial charge in [-0.15, -0.1) is 11.3 Å². The average molecular weight is 590 g/mol. The molecule has 2 aromatic heterocycles. The van der Waals surface area contributed by atoms with Crippen molar-refractivity contribution in [3.8, 4) is 16.4 Å². The Morgan fingerprint density at radius 3 is 2.72 bits per heavy atom. The first-order chi connectivity index (χ1) is 17.3. The van der Waals surface area contributed by atoms with Gasteiger partial charge in [-0.1, -0.05) is 34.1 Å². The maximum Gasteiger partial charge on any atom is 0.509 e. The molecule has 0 amide bonds. The zero-order valence-corrected chi connectivity index (χ0v) is 21.9. The molecule has 2 heterocycles. The molecule has 1 atom stereocenters. The van der Waals surface area contributed by atoms with Crippen LogP contribution in [-0.2, 0) is 24.1 Å².